The second kappa shape index (κ2) is 6.05. The van der Waals surface area contributed by atoms with Gasteiger partial charge in [-0.1, -0.05) is 77.5 Å². The zero-order chi connectivity index (χ0) is 18.4. The molecule has 0 amide bonds. The summed E-state index contributed by atoms with van der Waals surface area (Å²) in [4.78, 5) is 0. The van der Waals surface area contributed by atoms with Crippen LogP contribution in [0.1, 0.15) is 69.4 Å². The van der Waals surface area contributed by atoms with E-state index in [0.717, 1.165) is 24.0 Å². The quantitative estimate of drug-likeness (QED) is 0.661. The van der Waals surface area contributed by atoms with Gasteiger partial charge < -0.3 is 5.11 Å². The van der Waals surface area contributed by atoms with Gasteiger partial charge in [-0.05, 0) is 52.5 Å². The van der Waals surface area contributed by atoms with Gasteiger partial charge in [0.15, 0.2) is 0 Å². The minimum absolute atomic E-state index is 0.0861. The Hall–Kier alpha value is -2.02. The van der Waals surface area contributed by atoms with Crippen molar-refractivity contribution in [2.45, 2.75) is 65.2 Å². The summed E-state index contributed by atoms with van der Waals surface area (Å²) in [5, 5.41) is 10.9. The molecule has 3 rings (SSSR count). The first-order chi connectivity index (χ1) is 11.6. The van der Waals surface area contributed by atoms with Crippen molar-refractivity contribution in [3.05, 3.63) is 69.8 Å². The van der Waals surface area contributed by atoms with Gasteiger partial charge in [0.05, 0.1) is 0 Å². The van der Waals surface area contributed by atoms with Gasteiger partial charge in [-0.3, -0.25) is 0 Å². The molecule has 0 aliphatic heterocycles. The SMILES string of the molecule is CC(C)(C)c1cc(C=C2Cc3ccccc3C2)cc(C(C)(C)C)c1O. The fraction of sp³-hybridized carbons (Fsp3) is 0.417. The lowest BCUT2D eigenvalue weighted by atomic mass is 9.78. The average Bonchev–Trinajstić information content (AvgIpc) is 2.88. The molecule has 1 nitrogen and oxygen atoms in total. The molecule has 1 heteroatoms. The Morgan fingerprint density at radius 1 is 0.800 bits per heavy atom. The summed E-state index contributed by atoms with van der Waals surface area (Å²) in [7, 11) is 0. The lowest BCUT2D eigenvalue weighted by molar-refractivity contribution is 0.423. The van der Waals surface area contributed by atoms with E-state index in [-0.39, 0.29) is 10.8 Å². The maximum Gasteiger partial charge on any atom is 0.123 e. The van der Waals surface area contributed by atoms with Gasteiger partial charge in [-0.25, -0.2) is 0 Å². The molecule has 0 heterocycles. The molecule has 0 aromatic heterocycles. The standard InChI is InChI=1S/C24H30O/c1-23(2,3)20-14-17(15-21(22(20)25)24(4,5)6)11-16-12-18-9-7-8-10-19(18)13-16/h7-11,14-15,25H,12-13H2,1-6H3. The van der Waals surface area contributed by atoms with E-state index in [9.17, 15) is 5.11 Å². The Kier molecular flexibility index (Phi) is 4.31. The number of fused-ring (bicyclic) bond motifs is 1. The number of aromatic hydroxyl groups is 1. The van der Waals surface area contributed by atoms with E-state index < -0.39 is 0 Å². The molecule has 0 unspecified atom stereocenters. The summed E-state index contributed by atoms with van der Waals surface area (Å²) in [6.07, 6.45) is 4.39. The predicted molar refractivity (Wildman–Crippen MR) is 107 cm³/mol. The minimum atomic E-state index is -0.0861. The molecule has 1 aliphatic carbocycles. The van der Waals surface area contributed by atoms with Crippen molar-refractivity contribution in [3.63, 3.8) is 0 Å². The Morgan fingerprint density at radius 2 is 1.24 bits per heavy atom. The van der Waals surface area contributed by atoms with Crippen LogP contribution in [0.15, 0.2) is 42.0 Å². The van der Waals surface area contributed by atoms with Crippen molar-refractivity contribution in [2.24, 2.45) is 0 Å². The summed E-state index contributed by atoms with van der Waals surface area (Å²) in [6, 6.07) is 13.0. The number of allylic oxidation sites excluding steroid dienone is 1. The van der Waals surface area contributed by atoms with Crippen LogP contribution in [0.2, 0.25) is 0 Å². The zero-order valence-corrected chi connectivity index (χ0v) is 16.4. The molecule has 0 saturated carbocycles. The number of phenols is 1. The highest BCUT2D eigenvalue weighted by atomic mass is 16.3. The van der Waals surface area contributed by atoms with Gasteiger partial charge in [-0.15, -0.1) is 0 Å². The first-order valence-corrected chi connectivity index (χ1v) is 9.20. The molecule has 2 aromatic carbocycles. The predicted octanol–water partition coefficient (Wildman–Crippen LogP) is 6.17. The first kappa shape index (κ1) is 17.8. The molecule has 0 radical (unpaired) electrons. The third-order valence-corrected chi connectivity index (χ3v) is 5.07. The fourth-order valence-electron chi connectivity index (χ4n) is 3.68. The Balaban J connectivity index is 2.07. The van der Waals surface area contributed by atoms with Crippen LogP contribution in [0.25, 0.3) is 6.08 Å². The molecule has 0 atom stereocenters. The summed E-state index contributed by atoms with van der Waals surface area (Å²) in [6.45, 7) is 13.0. The molecule has 1 aliphatic rings. The van der Waals surface area contributed by atoms with Crippen LogP contribution in [0, 0.1) is 0 Å². The highest BCUT2D eigenvalue weighted by molar-refractivity contribution is 5.63. The van der Waals surface area contributed by atoms with Crippen LogP contribution < -0.4 is 0 Å². The van der Waals surface area contributed by atoms with E-state index in [1.165, 1.54) is 22.3 Å². The fourth-order valence-corrected chi connectivity index (χ4v) is 3.68. The monoisotopic (exact) mass is 334 g/mol. The Bertz CT molecular complexity index is 764. The van der Waals surface area contributed by atoms with Crippen LogP contribution in [0.3, 0.4) is 0 Å². The second-order valence-electron chi connectivity index (χ2n) is 9.39. The lowest BCUT2D eigenvalue weighted by Gasteiger charge is -2.28. The van der Waals surface area contributed by atoms with Crippen LogP contribution in [-0.2, 0) is 23.7 Å². The molecule has 0 saturated heterocycles. The second-order valence-corrected chi connectivity index (χ2v) is 9.39. The van der Waals surface area contributed by atoms with Crippen LogP contribution in [0.4, 0.5) is 0 Å². The van der Waals surface area contributed by atoms with Crippen LogP contribution in [-0.4, -0.2) is 5.11 Å². The maximum absolute atomic E-state index is 10.9. The van der Waals surface area contributed by atoms with E-state index in [0.29, 0.717) is 5.75 Å². The van der Waals surface area contributed by atoms with Crippen molar-refractivity contribution in [1.29, 1.82) is 0 Å². The zero-order valence-electron chi connectivity index (χ0n) is 16.4. The lowest BCUT2D eigenvalue weighted by Crippen LogP contribution is -2.17. The molecule has 2 aromatic rings. The van der Waals surface area contributed by atoms with Crippen molar-refractivity contribution in [3.8, 4) is 5.75 Å². The van der Waals surface area contributed by atoms with E-state index in [1.54, 1.807) is 0 Å². The smallest absolute Gasteiger partial charge is 0.123 e. The molecule has 132 valence electrons. The summed E-state index contributed by atoms with van der Waals surface area (Å²) < 4.78 is 0. The van der Waals surface area contributed by atoms with Crippen LogP contribution >= 0.6 is 0 Å². The minimum Gasteiger partial charge on any atom is -0.507 e. The first-order valence-electron chi connectivity index (χ1n) is 9.20. The number of hydrogen-bond acceptors (Lipinski definition) is 1. The summed E-state index contributed by atoms with van der Waals surface area (Å²) in [5.74, 6) is 0.455. The number of benzene rings is 2. The molecular formula is C24H30O. The van der Waals surface area contributed by atoms with E-state index >= 15 is 0 Å². The topological polar surface area (TPSA) is 20.2 Å². The molecule has 0 spiro atoms. The van der Waals surface area contributed by atoms with Crippen molar-refractivity contribution in [2.75, 3.05) is 0 Å². The molecule has 1 N–H and O–H groups in total. The van der Waals surface area contributed by atoms with Crippen molar-refractivity contribution < 1.29 is 5.11 Å². The van der Waals surface area contributed by atoms with Gasteiger partial charge in [0.1, 0.15) is 5.75 Å². The number of phenolic OH excluding ortho intramolecular Hbond substituents is 1. The van der Waals surface area contributed by atoms with Gasteiger partial charge >= 0.3 is 0 Å². The average molecular weight is 335 g/mol. The van der Waals surface area contributed by atoms with Gasteiger partial charge in [0.25, 0.3) is 0 Å². The Morgan fingerprint density at radius 3 is 1.64 bits per heavy atom. The van der Waals surface area contributed by atoms with Crippen LogP contribution in [0.5, 0.6) is 5.75 Å². The molecule has 25 heavy (non-hydrogen) atoms. The molecule has 0 bridgehead atoms. The van der Waals surface area contributed by atoms with Gasteiger partial charge in [-0.2, -0.15) is 0 Å². The Labute approximate surface area is 152 Å². The van der Waals surface area contributed by atoms with Gasteiger partial charge in [0.2, 0.25) is 0 Å². The number of hydrogen-bond donors (Lipinski definition) is 1. The maximum atomic E-state index is 10.9. The summed E-state index contributed by atoms with van der Waals surface area (Å²) >= 11 is 0. The van der Waals surface area contributed by atoms with Crippen molar-refractivity contribution in [1.82, 2.24) is 0 Å². The third kappa shape index (κ3) is 3.66. The summed E-state index contributed by atoms with van der Waals surface area (Å²) in [5.41, 5.74) is 7.43. The normalized spacial score (nSPS) is 14.6. The highest BCUT2D eigenvalue weighted by Gasteiger charge is 2.26. The highest BCUT2D eigenvalue weighted by Crippen LogP contribution is 2.40. The number of rotatable bonds is 1. The van der Waals surface area contributed by atoms with E-state index in [2.05, 4.69) is 84.0 Å². The van der Waals surface area contributed by atoms with Gasteiger partial charge in [0, 0.05) is 11.1 Å². The largest absolute Gasteiger partial charge is 0.507 e. The molecular weight excluding hydrogens is 304 g/mol. The third-order valence-electron chi connectivity index (χ3n) is 5.07. The van der Waals surface area contributed by atoms with Crippen molar-refractivity contribution >= 4 is 6.08 Å². The van der Waals surface area contributed by atoms with E-state index in [4.69, 9.17) is 0 Å². The van der Waals surface area contributed by atoms with E-state index in [1.807, 2.05) is 0 Å². The molecule has 0 fully saturated rings.